The minimum absolute atomic E-state index is 0.0281. The molecule has 1 heterocycles. The second-order valence-electron chi connectivity index (χ2n) is 6.92. The smallest absolute Gasteiger partial charge is 0.228 e. The number of allylic oxidation sites excluding steroid dienone is 2. The van der Waals surface area contributed by atoms with Gasteiger partial charge in [0.1, 0.15) is 0 Å². The van der Waals surface area contributed by atoms with E-state index in [0.29, 0.717) is 5.92 Å². The SMILES string of the molecule is CC(C)=CC1C(C(=O)Nc2ccc(-n3nccn3)cc2)C1(C)C. The number of carbonyl (C=O) groups excluding carboxylic acids is 1. The van der Waals surface area contributed by atoms with E-state index >= 15 is 0 Å². The molecule has 23 heavy (non-hydrogen) atoms. The van der Waals surface area contributed by atoms with Crippen LogP contribution in [-0.4, -0.2) is 20.9 Å². The van der Waals surface area contributed by atoms with Crippen LogP contribution in [0.4, 0.5) is 5.69 Å². The third-order valence-corrected chi connectivity index (χ3v) is 4.49. The molecule has 1 aliphatic rings. The van der Waals surface area contributed by atoms with Crippen molar-refractivity contribution in [1.29, 1.82) is 0 Å². The number of hydrogen-bond donors (Lipinski definition) is 1. The third kappa shape index (κ3) is 3.04. The van der Waals surface area contributed by atoms with Crippen molar-refractivity contribution in [3.8, 4) is 5.69 Å². The summed E-state index contributed by atoms with van der Waals surface area (Å²) in [5.41, 5.74) is 2.95. The standard InChI is InChI=1S/C18H22N4O/c1-12(2)11-15-16(18(15,3)4)17(23)21-13-5-7-14(8-6-13)22-19-9-10-20-22/h5-11,15-16H,1-4H3,(H,21,23). The highest BCUT2D eigenvalue weighted by Gasteiger charge is 2.60. The molecular weight excluding hydrogens is 288 g/mol. The highest BCUT2D eigenvalue weighted by molar-refractivity contribution is 5.95. The topological polar surface area (TPSA) is 59.8 Å². The largest absolute Gasteiger partial charge is 0.326 e. The first-order chi connectivity index (χ1) is 10.9. The minimum atomic E-state index is 0.0281. The van der Waals surface area contributed by atoms with Crippen LogP contribution in [-0.2, 0) is 4.79 Å². The zero-order chi connectivity index (χ0) is 16.6. The Hall–Kier alpha value is -2.43. The molecule has 1 aromatic heterocycles. The molecule has 2 unspecified atom stereocenters. The third-order valence-electron chi connectivity index (χ3n) is 4.49. The van der Waals surface area contributed by atoms with Crippen LogP contribution in [0.1, 0.15) is 27.7 Å². The zero-order valence-corrected chi connectivity index (χ0v) is 13.9. The zero-order valence-electron chi connectivity index (χ0n) is 13.9. The van der Waals surface area contributed by atoms with Gasteiger partial charge in [-0.05, 0) is 49.4 Å². The van der Waals surface area contributed by atoms with Crippen LogP contribution in [0, 0.1) is 17.3 Å². The van der Waals surface area contributed by atoms with E-state index in [-0.39, 0.29) is 17.2 Å². The summed E-state index contributed by atoms with van der Waals surface area (Å²) < 4.78 is 0. The molecule has 1 saturated carbocycles. The van der Waals surface area contributed by atoms with Crippen LogP contribution in [0.25, 0.3) is 5.69 Å². The van der Waals surface area contributed by atoms with E-state index in [0.717, 1.165) is 11.4 Å². The summed E-state index contributed by atoms with van der Waals surface area (Å²) in [5, 5.41) is 11.2. The van der Waals surface area contributed by atoms with Crippen molar-refractivity contribution >= 4 is 11.6 Å². The molecular formula is C18H22N4O. The van der Waals surface area contributed by atoms with E-state index in [9.17, 15) is 4.79 Å². The van der Waals surface area contributed by atoms with Crippen LogP contribution in [0.2, 0.25) is 0 Å². The molecule has 1 amide bonds. The molecule has 0 bridgehead atoms. The molecule has 0 radical (unpaired) electrons. The molecule has 5 heteroatoms. The fourth-order valence-electron chi connectivity index (χ4n) is 3.10. The summed E-state index contributed by atoms with van der Waals surface area (Å²) in [7, 11) is 0. The molecule has 1 fully saturated rings. The number of hydrogen-bond acceptors (Lipinski definition) is 3. The predicted molar refractivity (Wildman–Crippen MR) is 90.2 cm³/mol. The van der Waals surface area contributed by atoms with Crippen LogP contribution >= 0.6 is 0 Å². The Bertz CT molecular complexity index is 725. The van der Waals surface area contributed by atoms with Gasteiger partial charge >= 0.3 is 0 Å². The van der Waals surface area contributed by atoms with E-state index in [1.54, 1.807) is 17.2 Å². The van der Waals surface area contributed by atoms with Gasteiger partial charge in [-0.3, -0.25) is 4.79 Å². The second-order valence-corrected chi connectivity index (χ2v) is 6.92. The average Bonchev–Trinajstić information content (AvgIpc) is 2.88. The summed E-state index contributed by atoms with van der Waals surface area (Å²) in [6.07, 6.45) is 5.47. The lowest BCUT2D eigenvalue weighted by atomic mass is 10.1. The molecule has 5 nitrogen and oxygen atoms in total. The van der Waals surface area contributed by atoms with Crippen molar-refractivity contribution in [2.45, 2.75) is 27.7 Å². The minimum Gasteiger partial charge on any atom is -0.326 e. The number of rotatable bonds is 4. The number of nitrogens with one attached hydrogen (secondary N) is 1. The monoisotopic (exact) mass is 310 g/mol. The Balaban J connectivity index is 1.68. The Labute approximate surface area is 136 Å². The maximum atomic E-state index is 12.5. The van der Waals surface area contributed by atoms with Gasteiger partial charge in [-0.1, -0.05) is 25.5 Å². The molecule has 0 aliphatic heterocycles. The lowest BCUT2D eigenvalue weighted by Crippen LogP contribution is -2.16. The normalized spacial score (nSPS) is 21.6. The van der Waals surface area contributed by atoms with Gasteiger partial charge in [0.2, 0.25) is 5.91 Å². The molecule has 0 saturated heterocycles. The summed E-state index contributed by atoms with van der Waals surface area (Å²) in [5.74, 6) is 0.437. The van der Waals surface area contributed by atoms with Gasteiger partial charge in [-0.15, -0.1) is 0 Å². The molecule has 0 spiro atoms. The lowest BCUT2D eigenvalue weighted by molar-refractivity contribution is -0.118. The Kier molecular flexibility index (Phi) is 3.80. The molecule has 1 aliphatic carbocycles. The molecule has 120 valence electrons. The van der Waals surface area contributed by atoms with Gasteiger partial charge in [0, 0.05) is 5.69 Å². The van der Waals surface area contributed by atoms with Crippen molar-refractivity contribution in [3.63, 3.8) is 0 Å². The summed E-state index contributed by atoms with van der Waals surface area (Å²) in [4.78, 5) is 14.1. The summed E-state index contributed by atoms with van der Waals surface area (Å²) in [6.45, 7) is 8.44. The molecule has 2 atom stereocenters. The number of benzene rings is 1. The highest BCUT2D eigenvalue weighted by atomic mass is 16.2. The first-order valence-corrected chi connectivity index (χ1v) is 7.82. The molecule has 3 rings (SSSR count). The van der Waals surface area contributed by atoms with E-state index < -0.39 is 0 Å². The van der Waals surface area contributed by atoms with Crippen molar-refractivity contribution in [2.24, 2.45) is 17.3 Å². The number of carbonyl (C=O) groups is 1. The van der Waals surface area contributed by atoms with E-state index in [2.05, 4.69) is 49.3 Å². The number of anilines is 1. The van der Waals surface area contributed by atoms with Crippen molar-refractivity contribution in [1.82, 2.24) is 15.0 Å². The second kappa shape index (κ2) is 5.65. The molecule has 1 N–H and O–H groups in total. The van der Waals surface area contributed by atoms with Crippen LogP contribution in [0.3, 0.4) is 0 Å². The quantitative estimate of drug-likeness (QED) is 0.880. The Morgan fingerprint density at radius 1 is 1.17 bits per heavy atom. The van der Waals surface area contributed by atoms with Gasteiger partial charge in [0.05, 0.1) is 24.0 Å². The highest BCUT2D eigenvalue weighted by Crippen LogP contribution is 2.59. The van der Waals surface area contributed by atoms with Crippen LogP contribution in [0.5, 0.6) is 0 Å². The number of amides is 1. The van der Waals surface area contributed by atoms with Gasteiger partial charge in [-0.2, -0.15) is 15.0 Å². The average molecular weight is 310 g/mol. The fraction of sp³-hybridized carbons (Fsp3) is 0.389. The summed E-state index contributed by atoms with van der Waals surface area (Å²) >= 11 is 0. The van der Waals surface area contributed by atoms with Crippen molar-refractivity contribution in [3.05, 3.63) is 48.3 Å². The van der Waals surface area contributed by atoms with E-state index in [1.165, 1.54) is 5.57 Å². The molecule has 1 aromatic carbocycles. The van der Waals surface area contributed by atoms with E-state index in [1.807, 2.05) is 24.3 Å². The Morgan fingerprint density at radius 3 is 2.35 bits per heavy atom. The van der Waals surface area contributed by atoms with Gasteiger partial charge in [0.25, 0.3) is 0 Å². The maximum absolute atomic E-state index is 12.5. The summed E-state index contributed by atoms with van der Waals surface area (Å²) in [6, 6.07) is 7.53. The van der Waals surface area contributed by atoms with Gasteiger partial charge in [-0.25, -0.2) is 0 Å². The fourth-order valence-corrected chi connectivity index (χ4v) is 3.10. The van der Waals surface area contributed by atoms with Crippen molar-refractivity contribution in [2.75, 3.05) is 5.32 Å². The first kappa shape index (κ1) is 15.5. The van der Waals surface area contributed by atoms with Gasteiger partial charge in [0.15, 0.2) is 0 Å². The molecule has 2 aromatic rings. The van der Waals surface area contributed by atoms with Crippen LogP contribution in [0.15, 0.2) is 48.3 Å². The predicted octanol–water partition coefficient (Wildman–Crippen LogP) is 3.44. The van der Waals surface area contributed by atoms with Gasteiger partial charge < -0.3 is 5.32 Å². The number of nitrogens with zero attached hydrogens (tertiary/aromatic N) is 3. The number of aromatic nitrogens is 3. The maximum Gasteiger partial charge on any atom is 0.228 e. The van der Waals surface area contributed by atoms with Crippen LogP contribution < -0.4 is 5.32 Å². The van der Waals surface area contributed by atoms with Crippen molar-refractivity contribution < 1.29 is 4.79 Å². The lowest BCUT2D eigenvalue weighted by Gasteiger charge is -2.07. The van der Waals surface area contributed by atoms with E-state index in [4.69, 9.17) is 0 Å². The Morgan fingerprint density at radius 2 is 1.78 bits per heavy atom. The first-order valence-electron chi connectivity index (χ1n) is 7.82.